The first kappa shape index (κ1) is 32.9. The second-order valence-corrected chi connectivity index (χ2v) is 14.2. The second kappa shape index (κ2) is 14.8. The molecule has 4 aromatic rings. The SMILES string of the molecule is Cc1ccc(CN(C(=O)CN(c2cc(C)ccc2C)S(=O)(=O)c2ccccc2)C(Cc2ccccc2)C(=O)NC2CCCC2)cc1. The maximum atomic E-state index is 14.7. The Morgan fingerprint density at radius 3 is 2.04 bits per heavy atom. The molecule has 1 saturated carbocycles. The Morgan fingerprint density at radius 1 is 0.783 bits per heavy atom. The Balaban J connectivity index is 1.58. The number of nitrogens with one attached hydrogen (secondary N) is 1. The number of aryl methyl sites for hydroxylation is 3. The molecule has 1 atom stereocenters. The van der Waals surface area contributed by atoms with Crippen molar-refractivity contribution in [1.29, 1.82) is 0 Å². The number of amides is 2. The third-order valence-corrected chi connectivity index (χ3v) is 10.5. The van der Waals surface area contributed by atoms with Gasteiger partial charge < -0.3 is 10.2 Å². The van der Waals surface area contributed by atoms with E-state index >= 15 is 0 Å². The van der Waals surface area contributed by atoms with Crippen molar-refractivity contribution in [2.45, 2.75) is 76.4 Å². The van der Waals surface area contributed by atoms with E-state index in [0.717, 1.165) is 53.5 Å². The Hall–Kier alpha value is -4.43. The first-order valence-electron chi connectivity index (χ1n) is 16.0. The van der Waals surface area contributed by atoms with Gasteiger partial charge in [0.2, 0.25) is 11.8 Å². The van der Waals surface area contributed by atoms with Gasteiger partial charge in [0.05, 0.1) is 10.6 Å². The predicted octanol–water partition coefficient (Wildman–Crippen LogP) is 6.51. The fraction of sp³-hybridized carbons (Fsp3) is 0.316. The average Bonchev–Trinajstić information content (AvgIpc) is 3.57. The van der Waals surface area contributed by atoms with Crippen LogP contribution in [0.1, 0.15) is 53.5 Å². The lowest BCUT2D eigenvalue weighted by Gasteiger charge is -2.34. The van der Waals surface area contributed by atoms with Crippen LogP contribution in [0.4, 0.5) is 5.69 Å². The van der Waals surface area contributed by atoms with Gasteiger partial charge in [-0.2, -0.15) is 0 Å². The van der Waals surface area contributed by atoms with Gasteiger partial charge in [-0.15, -0.1) is 0 Å². The number of carbonyl (C=O) groups excluding carboxylic acids is 2. The summed E-state index contributed by atoms with van der Waals surface area (Å²) < 4.78 is 29.7. The van der Waals surface area contributed by atoms with E-state index in [0.29, 0.717) is 12.1 Å². The molecule has 0 radical (unpaired) electrons. The van der Waals surface area contributed by atoms with Crippen LogP contribution in [-0.4, -0.2) is 43.8 Å². The molecule has 0 bridgehead atoms. The summed E-state index contributed by atoms with van der Waals surface area (Å²) in [5.74, 6) is -0.677. The molecule has 5 rings (SSSR count). The van der Waals surface area contributed by atoms with Crippen molar-refractivity contribution in [3.05, 3.63) is 131 Å². The number of benzene rings is 4. The van der Waals surface area contributed by atoms with Gasteiger partial charge >= 0.3 is 0 Å². The number of rotatable bonds is 12. The van der Waals surface area contributed by atoms with Crippen molar-refractivity contribution in [2.24, 2.45) is 0 Å². The zero-order valence-electron chi connectivity index (χ0n) is 26.9. The molecular formula is C38H43N3O4S. The van der Waals surface area contributed by atoms with Crippen LogP contribution in [0.3, 0.4) is 0 Å². The summed E-state index contributed by atoms with van der Waals surface area (Å²) in [6, 6.07) is 30.5. The monoisotopic (exact) mass is 637 g/mol. The van der Waals surface area contributed by atoms with Crippen LogP contribution >= 0.6 is 0 Å². The standard InChI is InChI=1S/C38H43N3O4S/c1-28-19-22-32(23-20-28)26-40(36(25-31-12-6-4-7-13-31)38(43)39-33-14-10-11-15-33)37(42)27-41(35-24-29(2)18-21-30(35)3)46(44,45)34-16-8-5-9-17-34/h4-9,12-13,16-24,33,36H,10-11,14-15,25-27H2,1-3H3,(H,39,43). The first-order chi connectivity index (χ1) is 22.1. The molecule has 1 unspecified atom stereocenters. The Bertz CT molecular complexity index is 1740. The average molecular weight is 638 g/mol. The van der Waals surface area contributed by atoms with E-state index in [1.165, 1.54) is 16.4 Å². The fourth-order valence-electron chi connectivity index (χ4n) is 6.03. The van der Waals surface area contributed by atoms with Gasteiger partial charge in [-0.05, 0) is 74.1 Å². The lowest BCUT2D eigenvalue weighted by Crippen LogP contribution is -2.54. The van der Waals surface area contributed by atoms with Gasteiger partial charge in [0, 0.05) is 19.0 Å². The Labute approximate surface area is 273 Å². The number of hydrogen-bond donors (Lipinski definition) is 1. The summed E-state index contributed by atoms with van der Waals surface area (Å²) in [4.78, 5) is 30.5. The summed E-state index contributed by atoms with van der Waals surface area (Å²) >= 11 is 0. The highest BCUT2D eigenvalue weighted by molar-refractivity contribution is 7.92. The number of nitrogens with zero attached hydrogens (tertiary/aromatic N) is 2. The van der Waals surface area contributed by atoms with Gasteiger partial charge in [0.25, 0.3) is 10.0 Å². The Morgan fingerprint density at radius 2 is 1.39 bits per heavy atom. The highest BCUT2D eigenvalue weighted by Crippen LogP contribution is 2.29. The van der Waals surface area contributed by atoms with Gasteiger partial charge in [0.15, 0.2) is 0 Å². The predicted molar refractivity (Wildman–Crippen MR) is 183 cm³/mol. The van der Waals surface area contributed by atoms with Crippen molar-refractivity contribution in [3.63, 3.8) is 0 Å². The lowest BCUT2D eigenvalue weighted by molar-refractivity contribution is -0.140. The molecule has 1 aliphatic carbocycles. The molecular weight excluding hydrogens is 595 g/mol. The minimum absolute atomic E-state index is 0.0620. The highest BCUT2D eigenvalue weighted by atomic mass is 32.2. The smallest absolute Gasteiger partial charge is 0.264 e. The number of carbonyl (C=O) groups is 2. The summed E-state index contributed by atoms with van der Waals surface area (Å²) in [5, 5.41) is 3.22. The molecule has 1 fully saturated rings. The molecule has 0 spiro atoms. The molecule has 2 amide bonds. The summed E-state index contributed by atoms with van der Waals surface area (Å²) in [6.07, 6.45) is 4.23. The van der Waals surface area contributed by atoms with Crippen LogP contribution in [-0.2, 0) is 32.6 Å². The van der Waals surface area contributed by atoms with E-state index in [9.17, 15) is 18.0 Å². The third kappa shape index (κ3) is 8.04. The first-order valence-corrected chi connectivity index (χ1v) is 17.4. The normalized spacial score (nSPS) is 14.1. The van der Waals surface area contributed by atoms with Gasteiger partial charge in [-0.25, -0.2) is 8.42 Å². The van der Waals surface area contributed by atoms with E-state index in [1.807, 2.05) is 87.5 Å². The summed E-state index contributed by atoms with van der Waals surface area (Å²) in [7, 11) is -4.14. The van der Waals surface area contributed by atoms with Crippen LogP contribution in [0.15, 0.2) is 108 Å². The van der Waals surface area contributed by atoms with Crippen molar-refractivity contribution in [1.82, 2.24) is 10.2 Å². The molecule has 7 nitrogen and oxygen atoms in total. The van der Waals surface area contributed by atoms with Gasteiger partial charge in [-0.1, -0.05) is 103 Å². The minimum Gasteiger partial charge on any atom is -0.352 e. The van der Waals surface area contributed by atoms with Crippen LogP contribution in [0.25, 0.3) is 0 Å². The van der Waals surface area contributed by atoms with Crippen LogP contribution in [0.2, 0.25) is 0 Å². The molecule has 4 aromatic carbocycles. The minimum atomic E-state index is -4.14. The van der Waals surface area contributed by atoms with Crippen LogP contribution < -0.4 is 9.62 Å². The lowest BCUT2D eigenvalue weighted by atomic mass is 10.0. The Kier molecular flexibility index (Phi) is 10.6. The van der Waals surface area contributed by atoms with Crippen molar-refractivity contribution < 1.29 is 18.0 Å². The van der Waals surface area contributed by atoms with E-state index in [4.69, 9.17) is 0 Å². The van der Waals surface area contributed by atoms with Crippen molar-refractivity contribution in [2.75, 3.05) is 10.8 Å². The molecule has 0 saturated heterocycles. The molecule has 46 heavy (non-hydrogen) atoms. The quantitative estimate of drug-likeness (QED) is 0.192. The van der Waals surface area contributed by atoms with Gasteiger partial charge in [0.1, 0.15) is 12.6 Å². The molecule has 0 aromatic heterocycles. The zero-order valence-corrected chi connectivity index (χ0v) is 27.7. The van der Waals surface area contributed by atoms with Crippen LogP contribution in [0.5, 0.6) is 0 Å². The fourth-order valence-corrected chi connectivity index (χ4v) is 7.52. The molecule has 240 valence electrons. The molecule has 0 heterocycles. The third-order valence-electron chi connectivity index (χ3n) is 8.69. The van der Waals surface area contributed by atoms with Gasteiger partial charge in [-0.3, -0.25) is 13.9 Å². The summed E-state index contributed by atoms with van der Waals surface area (Å²) in [6.45, 7) is 5.42. The van der Waals surface area contributed by atoms with E-state index in [1.54, 1.807) is 29.2 Å². The molecule has 0 aliphatic heterocycles. The molecule has 8 heteroatoms. The van der Waals surface area contributed by atoms with E-state index in [-0.39, 0.29) is 23.4 Å². The number of hydrogen-bond acceptors (Lipinski definition) is 4. The van der Waals surface area contributed by atoms with E-state index < -0.39 is 28.5 Å². The van der Waals surface area contributed by atoms with Crippen LogP contribution in [0, 0.1) is 20.8 Å². The second-order valence-electron chi connectivity index (χ2n) is 12.3. The largest absolute Gasteiger partial charge is 0.352 e. The zero-order chi connectivity index (χ0) is 32.7. The number of anilines is 1. The summed E-state index contributed by atoms with van der Waals surface area (Å²) in [5.41, 5.74) is 4.88. The van der Waals surface area contributed by atoms with E-state index in [2.05, 4.69) is 5.32 Å². The van der Waals surface area contributed by atoms with Crippen molar-refractivity contribution >= 4 is 27.5 Å². The maximum absolute atomic E-state index is 14.7. The highest BCUT2D eigenvalue weighted by Gasteiger charge is 2.36. The molecule has 1 N–H and O–H groups in total. The van der Waals surface area contributed by atoms with Crippen molar-refractivity contribution in [3.8, 4) is 0 Å². The number of sulfonamides is 1. The topological polar surface area (TPSA) is 86.8 Å². The maximum Gasteiger partial charge on any atom is 0.264 e. The molecule has 1 aliphatic rings.